The number of unbranched alkanes of at least 4 members (excludes halogenated alkanes) is 1. The average molecular weight is 186 g/mol. The molecule has 1 atom stereocenters. The van der Waals surface area contributed by atoms with E-state index in [1.807, 2.05) is 0 Å². The van der Waals surface area contributed by atoms with Gasteiger partial charge in [-0.25, -0.2) is 0 Å². The van der Waals surface area contributed by atoms with Gasteiger partial charge in [0.2, 0.25) is 0 Å². The van der Waals surface area contributed by atoms with Crippen molar-refractivity contribution in [2.45, 2.75) is 53.0 Å². The van der Waals surface area contributed by atoms with E-state index >= 15 is 0 Å². The molecule has 0 aromatic heterocycles. The summed E-state index contributed by atoms with van der Waals surface area (Å²) >= 11 is 0. The minimum atomic E-state index is 0.237. The molecule has 13 heavy (non-hydrogen) atoms. The minimum absolute atomic E-state index is 0.237. The first kappa shape index (κ1) is 12.9. The second-order valence-electron chi connectivity index (χ2n) is 4.79. The van der Waals surface area contributed by atoms with Gasteiger partial charge >= 0.3 is 0 Å². The maximum atomic E-state index is 5.65. The summed E-state index contributed by atoms with van der Waals surface area (Å²) in [6.45, 7) is 10.7. The van der Waals surface area contributed by atoms with Crippen LogP contribution in [0, 0.1) is 5.41 Å². The second kappa shape index (κ2) is 6.39. The van der Waals surface area contributed by atoms with Gasteiger partial charge in [-0.05, 0) is 25.3 Å². The van der Waals surface area contributed by atoms with Crippen LogP contribution in [0.2, 0.25) is 0 Å². The third-order valence-electron chi connectivity index (χ3n) is 2.47. The van der Waals surface area contributed by atoms with Crippen LogP contribution >= 0.6 is 0 Å². The molecule has 0 spiro atoms. The Morgan fingerprint density at radius 2 is 2.00 bits per heavy atom. The topological polar surface area (TPSA) is 38.0 Å². The van der Waals surface area contributed by atoms with E-state index in [1.165, 1.54) is 19.3 Å². The zero-order valence-corrected chi connectivity index (χ0v) is 9.69. The molecule has 0 saturated heterocycles. The van der Waals surface area contributed by atoms with Crippen molar-refractivity contribution in [3.8, 4) is 0 Å². The first-order valence-corrected chi connectivity index (χ1v) is 5.45. The summed E-state index contributed by atoms with van der Waals surface area (Å²) in [5.74, 6) is 0. The van der Waals surface area contributed by atoms with E-state index in [4.69, 9.17) is 5.73 Å². The van der Waals surface area contributed by atoms with Gasteiger partial charge in [-0.1, -0.05) is 33.6 Å². The molecule has 3 N–H and O–H groups in total. The van der Waals surface area contributed by atoms with E-state index in [2.05, 4.69) is 33.0 Å². The van der Waals surface area contributed by atoms with E-state index in [1.54, 1.807) is 0 Å². The Morgan fingerprint density at radius 3 is 2.46 bits per heavy atom. The Labute approximate surface area is 83.3 Å². The Hall–Kier alpha value is -0.0800. The average Bonchev–Trinajstić information content (AvgIpc) is 2.11. The van der Waals surface area contributed by atoms with Gasteiger partial charge in [0.15, 0.2) is 0 Å². The third kappa shape index (κ3) is 7.03. The van der Waals surface area contributed by atoms with Crippen molar-refractivity contribution < 1.29 is 0 Å². The number of hydrogen-bond acceptors (Lipinski definition) is 2. The van der Waals surface area contributed by atoms with Crippen molar-refractivity contribution in [2.24, 2.45) is 11.1 Å². The van der Waals surface area contributed by atoms with Crippen molar-refractivity contribution >= 4 is 0 Å². The van der Waals surface area contributed by atoms with Crippen LogP contribution in [0.15, 0.2) is 0 Å². The molecule has 0 aliphatic carbocycles. The van der Waals surface area contributed by atoms with Crippen molar-refractivity contribution in [1.29, 1.82) is 0 Å². The fourth-order valence-corrected chi connectivity index (χ4v) is 1.14. The lowest BCUT2D eigenvalue weighted by Gasteiger charge is -2.25. The van der Waals surface area contributed by atoms with Crippen LogP contribution < -0.4 is 11.1 Å². The minimum Gasteiger partial charge on any atom is -0.330 e. The third-order valence-corrected chi connectivity index (χ3v) is 2.47. The lowest BCUT2D eigenvalue weighted by Crippen LogP contribution is -2.39. The molecule has 2 heteroatoms. The van der Waals surface area contributed by atoms with Gasteiger partial charge in [-0.3, -0.25) is 0 Å². The highest BCUT2D eigenvalue weighted by Crippen LogP contribution is 2.11. The fourth-order valence-electron chi connectivity index (χ4n) is 1.14. The molecule has 0 aromatic rings. The lowest BCUT2D eigenvalue weighted by atomic mass is 9.93. The van der Waals surface area contributed by atoms with E-state index in [0.29, 0.717) is 6.04 Å². The predicted octanol–water partition coefficient (Wildman–Crippen LogP) is 2.14. The van der Waals surface area contributed by atoms with Gasteiger partial charge in [-0.2, -0.15) is 0 Å². The second-order valence-corrected chi connectivity index (χ2v) is 4.79. The molecule has 80 valence electrons. The molecule has 0 radical (unpaired) electrons. The summed E-state index contributed by atoms with van der Waals surface area (Å²) in [5, 5.41) is 3.53. The maximum absolute atomic E-state index is 5.65. The normalized spacial score (nSPS) is 14.5. The molecule has 0 aliphatic rings. The summed E-state index contributed by atoms with van der Waals surface area (Å²) in [6, 6.07) is 0.630. The highest BCUT2D eigenvalue weighted by molar-refractivity contribution is 4.74. The zero-order valence-electron chi connectivity index (χ0n) is 9.69. The van der Waals surface area contributed by atoms with Gasteiger partial charge < -0.3 is 11.1 Å². The first-order valence-electron chi connectivity index (χ1n) is 5.45. The summed E-state index contributed by atoms with van der Waals surface area (Å²) in [4.78, 5) is 0. The highest BCUT2D eigenvalue weighted by Gasteiger charge is 2.15. The fraction of sp³-hybridized carbons (Fsp3) is 1.00. The number of nitrogens with one attached hydrogen (secondary N) is 1. The molecule has 0 fully saturated rings. The van der Waals surface area contributed by atoms with Crippen LogP contribution in [0.25, 0.3) is 0 Å². The summed E-state index contributed by atoms with van der Waals surface area (Å²) < 4.78 is 0. The molecule has 0 amide bonds. The van der Waals surface area contributed by atoms with Crippen LogP contribution in [0.4, 0.5) is 0 Å². The van der Waals surface area contributed by atoms with Crippen molar-refractivity contribution in [3.63, 3.8) is 0 Å². The number of hydrogen-bond donors (Lipinski definition) is 2. The Balaban J connectivity index is 3.51. The molecule has 0 rings (SSSR count). The van der Waals surface area contributed by atoms with Crippen molar-refractivity contribution in [2.75, 3.05) is 13.1 Å². The summed E-state index contributed by atoms with van der Waals surface area (Å²) in [6.07, 6.45) is 3.88. The molecule has 0 bridgehead atoms. The van der Waals surface area contributed by atoms with E-state index in [-0.39, 0.29) is 5.41 Å². The summed E-state index contributed by atoms with van der Waals surface area (Å²) in [7, 11) is 0. The highest BCUT2D eigenvalue weighted by atomic mass is 14.9. The van der Waals surface area contributed by atoms with E-state index in [0.717, 1.165) is 13.1 Å². The van der Waals surface area contributed by atoms with Crippen LogP contribution in [-0.2, 0) is 0 Å². The molecule has 0 saturated carbocycles. The lowest BCUT2D eigenvalue weighted by molar-refractivity contribution is 0.327. The molecular formula is C11H26N2. The monoisotopic (exact) mass is 186 g/mol. The van der Waals surface area contributed by atoms with Crippen molar-refractivity contribution in [3.05, 3.63) is 0 Å². The predicted molar refractivity (Wildman–Crippen MR) is 59.8 cm³/mol. The van der Waals surface area contributed by atoms with Crippen LogP contribution in [0.5, 0.6) is 0 Å². The van der Waals surface area contributed by atoms with Crippen LogP contribution in [0.1, 0.15) is 47.0 Å². The SMILES string of the molecule is CCCCC(C)NCC(C)(C)CN. The quantitative estimate of drug-likeness (QED) is 0.639. The Bertz CT molecular complexity index is 121. The molecular weight excluding hydrogens is 160 g/mol. The van der Waals surface area contributed by atoms with Gasteiger partial charge in [0, 0.05) is 12.6 Å². The van der Waals surface area contributed by atoms with E-state index in [9.17, 15) is 0 Å². The van der Waals surface area contributed by atoms with Gasteiger partial charge in [-0.15, -0.1) is 0 Å². The molecule has 0 aliphatic heterocycles. The standard InChI is InChI=1S/C11H26N2/c1-5-6-7-10(2)13-9-11(3,4)8-12/h10,13H,5-9,12H2,1-4H3. The molecule has 1 unspecified atom stereocenters. The van der Waals surface area contributed by atoms with Gasteiger partial charge in [0.25, 0.3) is 0 Å². The van der Waals surface area contributed by atoms with Crippen LogP contribution in [0.3, 0.4) is 0 Å². The Morgan fingerprint density at radius 1 is 1.38 bits per heavy atom. The zero-order chi connectivity index (χ0) is 10.3. The smallest absolute Gasteiger partial charge is 0.00389 e. The van der Waals surface area contributed by atoms with Gasteiger partial charge in [0.1, 0.15) is 0 Å². The van der Waals surface area contributed by atoms with Crippen LogP contribution in [-0.4, -0.2) is 19.1 Å². The van der Waals surface area contributed by atoms with Gasteiger partial charge in [0.05, 0.1) is 0 Å². The first-order chi connectivity index (χ1) is 6.02. The van der Waals surface area contributed by atoms with E-state index < -0.39 is 0 Å². The molecule has 0 aromatic carbocycles. The molecule has 0 heterocycles. The number of rotatable bonds is 7. The summed E-state index contributed by atoms with van der Waals surface area (Å²) in [5.41, 5.74) is 5.89. The largest absolute Gasteiger partial charge is 0.330 e. The van der Waals surface area contributed by atoms with Crippen molar-refractivity contribution in [1.82, 2.24) is 5.32 Å². The number of nitrogens with two attached hydrogens (primary N) is 1. The Kier molecular flexibility index (Phi) is 6.35. The molecule has 2 nitrogen and oxygen atoms in total. The maximum Gasteiger partial charge on any atom is 0.00389 e.